The van der Waals surface area contributed by atoms with Crippen LogP contribution >= 0.6 is 11.8 Å². The van der Waals surface area contributed by atoms with Gasteiger partial charge in [-0.1, -0.05) is 5.16 Å². The van der Waals surface area contributed by atoms with Crippen molar-refractivity contribution in [1.29, 1.82) is 0 Å². The van der Waals surface area contributed by atoms with E-state index >= 15 is 0 Å². The van der Waals surface area contributed by atoms with E-state index in [-0.39, 0.29) is 18.0 Å². The fraction of sp³-hybridized carbons (Fsp3) is 0.609. The fourth-order valence-corrected chi connectivity index (χ4v) is 4.92. The molecule has 0 atom stereocenters. The maximum atomic E-state index is 13.6. The molecule has 2 aromatic rings. The number of hydrogen-bond acceptors (Lipinski definition) is 6. The van der Waals surface area contributed by atoms with Crippen LogP contribution in [0.1, 0.15) is 43.7 Å². The number of aliphatic hydroxyl groups is 1. The number of fused-ring (bicyclic) bond motifs is 1. The Kier molecular flexibility index (Phi) is 7.67. The Bertz CT molecular complexity index is 951. The first-order valence-electron chi connectivity index (χ1n) is 11.3. The quantitative estimate of drug-likeness (QED) is 0.320. The van der Waals surface area contributed by atoms with Gasteiger partial charge in [0.05, 0.1) is 29.9 Å². The minimum Gasteiger partial charge on any atom is -0.394 e. The number of nitrogens with zero attached hydrogens (tertiary/aromatic N) is 4. The molecule has 0 bridgehead atoms. The van der Waals surface area contributed by atoms with Gasteiger partial charge in [0.25, 0.3) is 0 Å². The van der Waals surface area contributed by atoms with E-state index in [1.54, 1.807) is 13.1 Å². The van der Waals surface area contributed by atoms with Crippen molar-refractivity contribution in [3.8, 4) is 0 Å². The summed E-state index contributed by atoms with van der Waals surface area (Å²) in [6.07, 6.45) is 6.96. The maximum Gasteiger partial charge on any atom is 0.167 e. The lowest BCUT2D eigenvalue weighted by molar-refractivity contribution is 0.245. The number of rotatable bonds is 10. The summed E-state index contributed by atoms with van der Waals surface area (Å²) >= 11 is 1.85. The van der Waals surface area contributed by atoms with E-state index in [2.05, 4.69) is 25.4 Å². The van der Waals surface area contributed by atoms with Gasteiger partial charge in [-0.2, -0.15) is 11.8 Å². The van der Waals surface area contributed by atoms with Gasteiger partial charge in [-0.25, -0.2) is 4.39 Å². The van der Waals surface area contributed by atoms with Gasteiger partial charge >= 0.3 is 0 Å². The second-order valence-electron chi connectivity index (χ2n) is 8.68. The summed E-state index contributed by atoms with van der Waals surface area (Å²) in [4.78, 5) is 11.2. The van der Waals surface area contributed by atoms with Crippen molar-refractivity contribution >= 4 is 34.9 Å². The summed E-state index contributed by atoms with van der Waals surface area (Å²) in [6.45, 7) is 2.82. The number of aliphatic imine (C=N–C) groups is 2. The van der Waals surface area contributed by atoms with Crippen LogP contribution in [0.3, 0.4) is 0 Å². The zero-order chi connectivity index (χ0) is 22.4. The number of nitrogens with one attached hydrogen (secondary N) is 1. The molecule has 0 radical (unpaired) electrons. The molecular weight excluding hydrogens is 429 g/mol. The zero-order valence-corrected chi connectivity index (χ0v) is 19.4. The Labute approximate surface area is 192 Å². The third-order valence-corrected chi connectivity index (χ3v) is 7.33. The van der Waals surface area contributed by atoms with Gasteiger partial charge in [-0.05, 0) is 56.1 Å². The number of piperidine rings is 1. The number of thioether (sulfide) groups is 1. The van der Waals surface area contributed by atoms with Crippen molar-refractivity contribution in [3.05, 3.63) is 29.7 Å². The Morgan fingerprint density at radius 3 is 2.94 bits per heavy atom. The molecule has 32 heavy (non-hydrogen) atoms. The maximum absolute atomic E-state index is 13.6. The van der Waals surface area contributed by atoms with Crippen LogP contribution < -0.4 is 5.32 Å². The Morgan fingerprint density at radius 2 is 2.22 bits per heavy atom. The standard InChI is InChI=1S/C23H32FN5O2S/c1-25-21(27-23(15-30)7-8-23)14-32-12-2-9-26-16-29-10-5-17(6-11-29)22-19-13-18(24)3-4-20(19)31-28-22/h3-4,13,16-17,30H,2,5-12,14-15H2,1H3,(H,25,27). The molecule has 1 saturated carbocycles. The van der Waals surface area contributed by atoms with Crippen molar-refractivity contribution < 1.29 is 14.0 Å². The number of halogens is 1. The lowest BCUT2D eigenvalue weighted by Crippen LogP contribution is -2.40. The predicted octanol–water partition coefficient (Wildman–Crippen LogP) is 3.44. The van der Waals surface area contributed by atoms with Gasteiger partial charge in [0.1, 0.15) is 11.7 Å². The van der Waals surface area contributed by atoms with E-state index in [0.717, 1.165) is 80.2 Å². The fourth-order valence-electron chi connectivity index (χ4n) is 4.05. The lowest BCUT2D eigenvalue weighted by Gasteiger charge is -2.29. The van der Waals surface area contributed by atoms with Gasteiger partial charge in [-0.3, -0.25) is 9.98 Å². The van der Waals surface area contributed by atoms with Crippen molar-refractivity contribution in [2.75, 3.05) is 44.8 Å². The minimum absolute atomic E-state index is 0.107. The summed E-state index contributed by atoms with van der Waals surface area (Å²) in [7, 11) is 1.80. The number of benzene rings is 1. The normalized spacial score (nSPS) is 19.2. The van der Waals surface area contributed by atoms with E-state index in [1.807, 2.05) is 18.1 Å². The van der Waals surface area contributed by atoms with Gasteiger partial charge < -0.3 is 19.8 Å². The van der Waals surface area contributed by atoms with E-state index < -0.39 is 0 Å². The van der Waals surface area contributed by atoms with Gasteiger partial charge in [-0.15, -0.1) is 0 Å². The zero-order valence-electron chi connectivity index (χ0n) is 18.6. The average molecular weight is 462 g/mol. The lowest BCUT2D eigenvalue weighted by atomic mass is 9.92. The molecule has 0 amide bonds. The Hall–Kier alpha value is -2.13. The average Bonchev–Trinajstić information content (AvgIpc) is 3.48. The molecule has 2 heterocycles. The van der Waals surface area contributed by atoms with Crippen LogP contribution in [0, 0.1) is 5.82 Å². The van der Waals surface area contributed by atoms with E-state index in [4.69, 9.17) is 4.52 Å². The third kappa shape index (κ3) is 5.81. The smallest absolute Gasteiger partial charge is 0.167 e. The summed E-state index contributed by atoms with van der Waals surface area (Å²) in [6, 6.07) is 4.57. The van der Waals surface area contributed by atoms with Crippen molar-refractivity contribution in [2.45, 2.75) is 43.6 Å². The molecule has 1 aliphatic heterocycles. The predicted molar refractivity (Wildman–Crippen MR) is 128 cm³/mol. The van der Waals surface area contributed by atoms with Crippen LogP contribution in [0.25, 0.3) is 11.0 Å². The molecule has 2 fully saturated rings. The monoisotopic (exact) mass is 461 g/mol. The highest BCUT2D eigenvalue weighted by Gasteiger charge is 2.42. The third-order valence-electron chi connectivity index (χ3n) is 6.27. The highest BCUT2D eigenvalue weighted by molar-refractivity contribution is 7.99. The molecule has 2 aliphatic rings. The van der Waals surface area contributed by atoms with Gasteiger partial charge in [0, 0.05) is 38.0 Å². The van der Waals surface area contributed by atoms with Crippen LogP contribution in [0.4, 0.5) is 4.39 Å². The number of hydrogen-bond donors (Lipinski definition) is 2. The number of aliphatic hydroxyl groups excluding tert-OH is 1. The topological polar surface area (TPSA) is 86.2 Å². The molecule has 1 aromatic heterocycles. The van der Waals surface area contributed by atoms with Crippen LogP contribution in [0.5, 0.6) is 0 Å². The van der Waals surface area contributed by atoms with Crippen LogP contribution in [0.2, 0.25) is 0 Å². The largest absolute Gasteiger partial charge is 0.394 e. The summed E-state index contributed by atoms with van der Waals surface area (Å²) in [5.74, 6) is 2.88. The molecule has 9 heteroatoms. The highest BCUT2D eigenvalue weighted by Crippen LogP contribution is 2.35. The first-order chi connectivity index (χ1) is 15.6. The van der Waals surface area contributed by atoms with Crippen LogP contribution in [-0.4, -0.2) is 77.7 Å². The molecule has 0 spiro atoms. The molecule has 1 saturated heterocycles. The van der Waals surface area contributed by atoms with Crippen molar-refractivity contribution in [1.82, 2.24) is 15.4 Å². The Morgan fingerprint density at radius 1 is 1.41 bits per heavy atom. The first-order valence-corrected chi connectivity index (χ1v) is 12.5. The number of amidine groups is 1. The van der Waals surface area contributed by atoms with E-state index in [9.17, 15) is 9.50 Å². The summed E-state index contributed by atoms with van der Waals surface area (Å²) < 4.78 is 19.0. The van der Waals surface area contributed by atoms with Crippen LogP contribution in [-0.2, 0) is 0 Å². The van der Waals surface area contributed by atoms with E-state index in [0.29, 0.717) is 11.5 Å². The molecular formula is C23H32FN5O2S. The second-order valence-corrected chi connectivity index (χ2v) is 9.79. The van der Waals surface area contributed by atoms with Crippen LogP contribution in [0.15, 0.2) is 32.7 Å². The molecule has 174 valence electrons. The molecule has 2 N–H and O–H groups in total. The van der Waals surface area contributed by atoms with Crippen molar-refractivity contribution in [3.63, 3.8) is 0 Å². The Balaban J connectivity index is 1.12. The molecule has 0 unspecified atom stereocenters. The van der Waals surface area contributed by atoms with Crippen molar-refractivity contribution in [2.24, 2.45) is 9.98 Å². The molecule has 1 aromatic carbocycles. The highest BCUT2D eigenvalue weighted by atomic mass is 32.2. The molecule has 1 aliphatic carbocycles. The number of aromatic nitrogens is 1. The molecule has 7 nitrogen and oxygen atoms in total. The summed E-state index contributed by atoms with van der Waals surface area (Å²) in [5, 5.41) is 17.8. The minimum atomic E-state index is -0.254. The van der Waals surface area contributed by atoms with Gasteiger partial charge in [0.15, 0.2) is 5.58 Å². The summed E-state index contributed by atoms with van der Waals surface area (Å²) in [5.41, 5.74) is 1.42. The first kappa shape index (κ1) is 23.0. The second kappa shape index (κ2) is 10.7. The van der Waals surface area contributed by atoms with E-state index in [1.165, 1.54) is 12.1 Å². The molecule has 4 rings (SSSR count). The van der Waals surface area contributed by atoms with Gasteiger partial charge in [0.2, 0.25) is 0 Å². The number of likely N-dealkylation sites (tertiary alicyclic amines) is 1. The SMILES string of the molecule is CN=C(CSCCCN=CN1CCC(c2noc3ccc(F)cc23)CC1)NC1(CO)CC1.